The van der Waals surface area contributed by atoms with Gasteiger partial charge in [0.05, 0.1) is 0 Å². The summed E-state index contributed by atoms with van der Waals surface area (Å²) in [5.74, 6) is -0.464. The van der Waals surface area contributed by atoms with Crippen molar-refractivity contribution in [3.05, 3.63) is 71.8 Å². The molecule has 34 heavy (non-hydrogen) atoms. The summed E-state index contributed by atoms with van der Waals surface area (Å²) in [7, 11) is 0. The van der Waals surface area contributed by atoms with E-state index in [1.807, 2.05) is 0 Å². The molecular weight excluding hydrogens is 464 g/mol. The number of nitrogens with zero attached hydrogens (tertiary/aromatic N) is 6. The summed E-state index contributed by atoms with van der Waals surface area (Å²) in [5, 5.41) is 2.62. The Morgan fingerprint density at radius 1 is 0.676 bits per heavy atom. The number of aryl methyl sites for hydroxylation is 1. The van der Waals surface area contributed by atoms with Crippen molar-refractivity contribution in [1.29, 1.82) is 0 Å². The van der Waals surface area contributed by atoms with Crippen LogP contribution in [0.5, 0.6) is 0 Å². The molecular formula is C21H13F6N7. The van der Waals surface area contributed by atoms with Crippen LogP contribution in [0.4, 0.5) is 38.0 Å². The van der Waals surface area contributed by atoms with Gasteiger partial charge in [-0.25, -0.2) is 9.97 Å². The maximum absolute atomic E-state index is 13.1. The quantitative estimate of drug-likeness (QED) is 0.390. The summed E-state index contributed by atoms with van der Waals surface area (Å²) in [6, 6.07) is 8.57. The van der Waals surface area contributed by atoms with Gasteiger partial charge in [0, 0.05) is 18.1 Å². The summed E-state index contributed by atoms with van der Waals surface area (Å²) in [6.07, 6.45) is -6.94. The van der Waals surface area contributed by atoms with Gasteiger partial charge in [0.2, 0.25) is 5.95 Å². The summed E-state index contributed by atoms with van der Waals surface area (Å²) in [6.45, 7) is 1.79. The second-order valence-corrected chi connectivity index (χ2v) is 6.98. The number of aromatic nitrogens is 6. The van der Waals surface area contributed by atoms with Crippen molar-refractivity contribution in [1.82, 2.24) is 29.9 Å². The van der Waals surface area contributed by atoms with Gasteiger partial charge in [0.15, 0.2) is 11.6 Å². The molecule has 0 bridgehead atoms. The number of hydrogen-bond acceptors (Lipinski definition) is 7. The Morgan fingerprint density at radius 3 is 2.03 bits per heavy atom. The molecule has 4 heterocycles. The van der Waals surface area contributed by atoms with Crippen LogP contribution in [0.2, 0.25) is 0 Å². The first-order valence-electron chi connectivity index (χ1n) is 9.53. The van der Waals surface area contributed by atoms with Crippen LogP contribution in [-0.2, 0) is 12.4 Å². The topological polar surface area (TPSA) is 89.4 Å². The van der Waals surface area contributed by atoms with Gasteiger partial charge in [-0.1, -0.05) is 6.07 Å². The monoisotopic (exact) mass is 477 g/mol. The van der Waals surface area contributed by atoms with Gasteiger partial charge in [-0.05, 0) is 48.9 Å². The number of hydrogen-bond donors (Lipinski definition) is 1. The molecule has 0 aromatic carbocycles. The van der Waals surface area contributed by atoms with Crippen LogP contribution in [-0.4, -0.2) is 29.9 Å². The molecule has 7 nitrogen and oxygen atoms in total. The van der Waals surface area contributed by atoms with Crippen LogP contribution in [0.15, 0.2) is 54.9 Å². The zero-order valence-electron chi connectivity index (χ0n) is 17.1. The van der Waals surface area contributed by atoms with Crippen molar-refractivity contribution in [2.75, 3.05) is 5.32 Å². The minimum absolute atomic E-state index is 0.0134. The molecule has 0 spiro atoms. The minimum Gasteiger partial charge on any atom is -0.324 e. The molecule has 4 aromatic rings. The molecule has 0 radical (unpaired) electrons. The number of nitrogens with one attached hydrogen (secondary N) is 1. The third-order valence-electron chi connectivity index (χ3n) is 4.36. The Morgan fingerprint density at radius 2 is 1.35 bits per heavy atom. The van der Waals surface area contributed by atoms with E-state index >= 15 is 0 Å². The highest BCUT2D eigenvalue weighted by molar-refractivity contribution is 5.62. The van der Waals surface area contributed by atoms with Crippen LogP contribution in [0.1, 0.15) is 17.0 Å². The largest absolute Gasteiger partial charge is 0.433 e. The molecule has 0 amide bonds. The Hall–Kier alpha value is -4.16. The molecule has 0 aliphatic carbocycles. The predicted octanol–water partition coefficient (Wildman–Crippen LogP) is 5.48. The van der Waals surface area contributed by atoms with Gasteiger partial charge in [-0.2, -0.15) is 36.3 Å². The fourth-order valence-electron chi connectivity index (χ4n) is 2.83. The number of alkyl halides is 6. The lowest BCUT2D eigenvalue weighted by molar-refractivity contribution is -0.141. The number of rotatable bonds is 4. The average Bonchev–Trinajstić information content (AvgIpc) is 2.78. The molecule has 0 aliphatic rings. The van der Waals surface area contributed by atoms with Crippen molar-refractivity contribution >= 4 is 11.6 Å². The third kappa shape index (κ3) is 5.24. The van der Waals surface area contributed by atoms with E-state index in [1.165, 1.54) is 18.3 Å². The highest BCUT2D eigenvalue weighted by atomic mass is 19.4. The van der Waals surface area contributed by atoms with E-state index in [9.17, 15) is 26.3 Å². The first-order chi connectivity index (χ1) is 16.0. The van der Waals surface area contributed by atoms with Crippen LogP contribution >= 0.6 is 0 Å². The Kier molecular flexibility index (Phi) is 5.85. The van der Waals surface area contributed by atoms with Gasteiger partial charge >= 0.3 is 12.4 Å². The van der Waals surface area contributed by atoms with Crippen molar-refractivity contribution in [3.63, 3.8) is 0 Å². The Balaban J connectivity index is 1.82. The first kappa shape index (κ1) is 23.0. The van der Waals surface area contributed by atoms with Crippen molar-refractivity contribution in [3.8, 4) is 23.0 Å². The number of pyridine rings is 3. The van der Waals surface area contributed by atoms with Crippen LogP contribution < -0.4 is 5.32 Å². The van der Waals surface area contributed by atoms with E-state index in [-0.39, 0.29) is 34.7 Å². The first-order valence-corrected chi connectivity index (χ1v) is 9.53. The van der Waals surface area contributed by atoms with Gasteiger partial charge in [-0.15, -0.1) is 0 Å². The highest BCUT2D eigenvalue weighted by Gasteiger charge is 2.33. The second kappa shape index (κ2) is 8.65. The predicted molar refractivity (Wildman–Crippen MR) is 109 cm³/mol. The maximum Gasteiger partial charge on any atom is 0.433 e. The molecule has 4 aromatic heterocycles. The van der Waals surface area contributed by atoms with Crippen molar-refractivity contribution in [2.45, 2.75) is 19.3 Å². The molecule has 1 N–H and O–H groups in total. The zero-order chi connectivity index (χ0) is 24.5. The third-order valence-corrected chi connectivity index (χ3v) is 4.36. The lowest BCUT2D eigenvalue weighted by Gasteiger charge is -2.11. The van der Waals surface area contributed by atoms with E-state index < -0.39 is 23.7 Å². The fraction of sp³-hybridized carbons (Fsp3) is 0.143. The molecule has 0 atom stereocenters. The standard InChI is InChI=1S/C21H13F6N7/c1-11-5-7-28-14(9-11)18-32-17(13-3-2-4-15(31-13)20(22,23)24)33-19(34-18)30-12-6-8-29-16(10-12)21(25,26)27/h2-10H,1H3,(H,29,30,32,33,34). The Bertz CT molecular complexity index is 1340. The van der Waals surface area contributed by atoms with Gasteiger partial charge in [0.25, 0.3) is 0 Å². The summed E-state index contributed by atoms with van der Waals surface area (Å²) < 4.78 is 78.4. The van der Waals surface area contributed by atoms with Crippen molar-refractivity contribution in [2.24, 2.45) is 0 Å². The van der Waals surface area contributed by atoms with E-state index in [0.717, 1.165) is 30.0 Å². The van der Waals surface area contributed by atoms with E-state index in [2.05, 4.69) is 35.2 Å². The molecule has 0 unspecified atom stereocenters. The van der Waals surface area contributed by atoms with E-state index in [4.69, 9.17) is 0 Å². The molecule has 13 heteroatoms. The molecule has 0 aliphatic heterocycles. The van der Waals surface area contributed by atoms with Gasteiger partial charge in [0.1, 0.15) is 22.8 Å². The van der Waals surface area contributed by atoms with Crippen LogP contribution in [0.3, 0.4) is 0 Å². The van der Waals surface area contributed by atoms with E-state index in [0.29, 0.717) is 0 Å². The highest BCUT2D eigenvalue weighted by Crippen LogP contribution is 2.31. The average molecular weight is 477 g/mol. The lowest BCUT2D eigenvalue weighted by Crippen LogP contribution is -2.10. The summed E-state index contributed by atoms with van der Waals surface area (Å²) in [4.78, 5) is 23.5. The molecule has 0 saturated carbocycles. The fourth-order valence-corrected chi connectivity index (χ4v) is 2.83. The SMILES string of the molecule is Cc1ccnc(-c2nc(Nc3ccnc(C(F)(F)F)c3)nc(-c3cccc(C(F)(F)F)n3)n2)c1. The minimum atomic E-state index is -4.70. The summed E-state index contributed by atoms with van der Waals surface area (Å²) >= 11 is 0. The smallest absolute Gasteiger partial charge is 0.324 e. The normalized spacial score (nSPS) is 12.0. The lowest BCUT2D eigenvalue weighted by atomic mass is 10.2. The second-order valence-electron chi connectivity index (χ2n) is 6.98. The van der Waals surface area contributed by atoms with Gasteiger partial charge in [-0.3, -0.25) is 9.97 Å². The molecule has 0 fully saturated rings. The molecule has 0 saturated heterocycles. The Labute approximate surface area is 188 Å². The van der Waals surface area contributed by atoms with Crippen molar-refractivity contribution < 1.29 is 26.3 Å². The van der Waals surface area contributed by atoms with E-state index in [1.54, 1.807) is 19.1 Å². The molecule has 4 rings (SSSR count). The number of anilines is 2. The van der Waals surface area contributed by atoms with Gasteiger partial charge < -0.3 is 5.32 Å². The maximum atomic E-state index is 13.1. The van der Waals surface area contributed by atoms with Crippen LogP contribution in [0, 0.1) is 6.92 Å². The summed E-state index contributed by atoms with van der Waals surface area (Å²) in [5.41, 5.74) is -1.46. The zero-order valence-corrected chi connectivity index (χ0v) is 17.1. The molecule has 174 valence electrons. The van der Waals surface area contributed by atoms with Crippen LogP contribution in [0.25, 0.3) is 23.0 Å². The number of halogens is 6.